The average Bonchev–Trinajstić information content (AvgIpc) is 2.65. The van der Waals surface area contributed by atoms with Gasteiger partial charge in [-0.1, -0.05) is 24.3 Å². The predicted octanol–water partition coefficient (Wildman–Crippen LogP) is 3.21. The maximum absolute atomic E-state index is 12.0. The highest BCUT2D eigenvalue weighted by atomic mass is 16.5. The van der Waals surface area contributed by atoms with E-state index in [1.54, 1.807) is 24.3 Å². The quantitative estimate of drug-likeness (QED) is 0.610. The third-order valence-corrected chi connectivity index (χ3v) is 3.61. The smallest absolute Gasteiger partial charge is 0.331 e. The van der Waals surface area contributed by atoms with Crippen molar-refractivity contribution in [1.82, 2.24) is 0 Å². The fourth-order valence-electron chi connectivity index (χ4n) is 2.21. The van der Waals surface area contributed by atoms with Crippen LogP contribution in [0.3, 0.4) is 0 Å². The molecule has 0 saturated heterocycles. The third-order valence-electron chi connectivity index (χ3n) is 3.61. The molecular formula is C20H21NO5. The molecule has 0 bridgehead atoms. The molecule has 0 spiro atoms. The summed E-state index contributed by atoms with van der Waals surface area (Å²) in [6, 6.07) is 12.6. The molecule has 0 aromatic heterocycles. The van der Waals surface area contributed by atoms with Crippen molar-refractivity contribution in [2.45, 2.75) is 6.92 Å². The molecule has 0 fully saturated rings. The zero-order chi connectivity index (χ0) is 18.9. The van der Waals surface area contributed by atoms with Gasteiger partial charge in [0.15, 0.2) is 6.61 Å². The van der Waals surface area contributed by atoms with Crippen molar-refractivity contribution in [3.8, 4) is 11.5 Å². The number of rotatable bonds is 7. The van der Waals surface area contributed by atoms with Crippen LogP contribution < -0.4 is 14.8 Å². The van der Waals surface area contributed by atoms with Crippen LogP contribution in [0.4, 0.5) is 5.69 Å². The second kappa shape index (κ2) is 9.27. The number of benzene rings is 2. The molecule has 1 amide bonds. The van der Waals surface area contributed by atoms with Gasteiger partial charge in [0.1, 0.15) is 11.5 Å². The predicted molar refractivity (Wildman–Crippen MR) is 99.3 cm³/mol. The number of methoxy groups -OCH3 is 2. The van der Waals surface area contributed by atoms with Gasteiger partial charge < -0.3 is 19.5 Å². The van der Waals surface area contributed by atoms with Gasteiger partial charge in [0.25, 0.3) is 5.91 Å². The monoisotopic (exact) mass is 355 g/mol. The first-order chi connectivity index (χ1) is 12.5. The van der Waals surface area contributed by atoms with E-state index in [0.29, 0.717) is 17.2 Å². The number of esters is 1. The van der Waals surface area contributed by atoms with Gasteiger partial charge in [-0.25, -0.2) is 4.79 Å². The Balaban J connectivity index is 1.90. The van der Waals surface area contributed by atoms with Crippen LogP contribution in [0.25, 0.3) is 6.08 Å². The molecule has 1 N–H and O–H groups in total. The van der Waals surface area contributed by atoms with Crippen LogP contribution >= 0.6 is 0 Å². The number of nitrogens with one attached hydrogen (secondary N) is 1. The summed E-state index contributed by atoms with van der Waals surface area (Å²) < 4.78 is 15.3. The van der Waals surface area contributed by atoms with Crippen LogP contribution in [0.15, 0.2) is 48.5 Å². The Labute approximate surface area is 152 Å². The van der Waals surface area contributed by atoms with Crippen molar-refractivity contribution in [2.75, 3.05) is 26.1 Å². The first-order valence-corrected chi connectivity index (χ1v) is 7.96. The number of carbonyl (C=O) groups excluding carboxylic acids is 2. The van der Waals surface area contributed by atoms with Gasteiger partial charge in [0.2, 0.25) is 0 Å². The molecule has 2 aromatic rings. The number of aryl methyl sites for hydroxylation is 1. The van der Waals surface area contributed by atoms with Crippen molar-refractivity contribution in [3.63, 3.8) is 0 Å². The number of hydrogen-bond acceptors (Lipinski definition) is 5. The summed E-state index contributed by atoms with van der Waals surface area (Å²) in [5, 5.41) is 2.63. The summed E-state index contributed by atoms with van der Waals surface area (Å²) in [5.74, 6) is -0.0283. The number of ether oxygens (including phenoxy) is 3. The Kier molecular flexibility index (Phi) is 6.79. The Morgan fingerprint density at radius 3 is 2.54 bits per heavy atom. The minimum atomic E-state index is -0.596. The van der Waals surface area contributed by atoms with Crippen molar-refractivity contribution in [3.05, 3.63) is 59.7 Å². The number of hydrogen-bond donors (Lipinski definition) is 1. The Hall–Kier alpha value is -3.28. The van der Waals surface area contributed by atoms with Crippen molar-refractivity contribution >= 4 is 23.6 Å². The summed E-state index contributed by atoms with van der Waals surface area (Å²) in [6.07, 6.45) is 2.95. The molecule has 2 aromatic carbocycles. The molecule has 0 saturated carbocycles. The summed E-state index contributed by atoms with van der Waals surface area (Å²) >= 11 is 0. The van der Waals surface area contributed by atoms with E-state index in [1.165, 1.54) is 20.3 Å². The average molecular weight is 355 g/mol. The minimum Gasteiger partial charge on any atom is -0.497 e. The number of carbonyl (C=O) groups is 2. The molecule has 0 radical (unpaired) electrons. The summed E-state index contributed by atoms with van der Waals surface area (Å²) in [7, 11) is 3.02. The molecule has 2 rings (SSSR count). The molecular weight excluding hydrogens is 334 g/mol. The lowest BCUT2D eigenvalue weighted by Gasteiger charge is -2.11. The van der Waals surface area contributed by atoms with Crippen LogP contribution in [0.5, 0.6) is 11.5 Å². The van der Waals surface area contributed by atoms with Crippen LogP contribution in [0.1, 0.15) is 11.1 Å². The van der Waals surface area contributed by atoms with Crippen LogP contribution in [-0.2, 0) is 14.3 Å². The normalized spacial score (nSPS) is 10.4. The molecule has 6 nitrogen and oxygen atoms in total. The van der Waals surface area contributed by atoms with Crippen LogP contribution in [-0.4, -0.2) is 32.7 Å². The second-order valence-electron chi connectivity index (χ2n) is 5.41. The molecule has 0 aliphatic heterocycles. The molecule has 0 aliphatic rings. The highest BCUT2D eigenvalue weighted by Gasteiger charge is 2.10. The van der Waals surface area contributed by atoms with Gasteiger partial charge >= 0.3 is 5.97 Å². The van der Waals surface area contributed by atoms with Gasteiger partial charge in [-0.2, -0.15) is 0 Å². The standard InChI is InChI=1S/C20H21NO5/c1-14-6-4-5-7-15(14)8-11-20(23)26-13-19(22)21-17-12-16(24-2)9-10-18(17)25-3/h4-12H,13H2,1-3H3,(H,21,22)/b11-8+. The maximum atomic E-state index is 12.0. The van der Waals surface area contributed by atoms with Crippen molar-refractivity contribution < 1.29 is 23.8 Å². The lowest BCUT2D eigenvalue weighted by atomic mass is 10.1. The molecule has 0 unspecified atom stereocenters. The van der Waals surface area contributed by atoms with E-state index >= 15 is 0 Å². The summed E-state index contributed by atoms with van der Waals surface area (Å²) in [4.78, 5) is 23.8. The van der Waals surface area contributed by atoms with Crippen LogP contribution in [0, 0.1) is 6.92 Å². The zero-order valence-corrected chi connectivity index (χ0v) is 14.9. The van der Waals surface area contributed by atoms with Gasteiger partial charge in [-0.05, 0) is 36.3 Å². The lowest BCUT2D eigenvalue weighted by Crippen LogP contribution is -2.20. The van der Waals surface area contributed by atoms with E-state index in [4.69, 9.17) is 14.2 Å². The summed E-state index contributed by atoms with van der Waals surface area (Å²) in [6.45, 7) is 1.54. The van der Waals surface area contributed by atoms with E-state index in [2.05, 4.69) is 5.32 Å². The van der Waals surface area contributed by atoms with Crippen molar-refractivity contribution in [1.29, 1.82) is 0 Å². The Morgan fingerprint density at radius 2 is 1.85 bits per heavy atom. The second-order valence-corrected chi connectivity index (χ2v) is 5.41. The first-order valence-electron chi connectivity index (χ1n) is 7.96. The molecule has 136 valence electrons. The Morgan fingerprint density at radius 1 is 1.08 bits per heavy atom. The first kappa shape index (κ1) is 19.1. The SMILES string of the molecule is COc1ccc(OC)c(NC(=O)COC(=O)/C=C/c2ccccc2C)c1. The largest absolute Gasteiger partial charge is 0.497 e. The van der Waals surface area contributed by atoms with Gasteiger partial charge in [-0.3, -0.25) is 4.79 Å². The third kappa shape index (κ3) is 5.37. The van der Waals surface area contributed by atoms with E-state index in [1.807, 2.05) is 31.2 Å². The highest BCUT2D eigenvalue weighted by Crippen LogP contribution is 2.28. The van der Waals surface area contributed by atoms with Gasteiger partial charge in [0.05, 0.1) is 19.9 Å². The van der Waals surface area contributed by atoms with Gasteiger partial charge in [0, 0.05) is 12.1 Å². The fraction of sp³-hybridized carbons (Fsp3) is 0.200. The fourth-order valence-corrected chi connectivity index (χ4v) is 2.21. The molecule has 0 atom stereocenters. The molecule has 6 heteroatoms. The molecule has 26 heavy (non-hydrogen) atoms. The van der Waals surface area contributed by atoms with Crippen LogP contribution in [0.2, 0.25) is 0 Å². The minimum absolute atomic E-state index is 0.405. The maximum Gasteiger partial charge on any atom is 0.331 e. The van der Waals surface area contributed by atoms with E-state index in [9.17, 15) is 9.59 Å². The zero-order valence-electron chi connectivity index (χ0n) is 14.9. The number of anilines is 1. The van der Waals surface area contributed by atoms with Crippen molar-refractivity contribution in [2.24, 2.45) is 0 Å². The van der Waals surface area contributed by atoms with E-state index in [-0.39, 0.29) is 0 Å². The highest BCUT2D eigenvalue weighted by molar-refractivity contribution is 5.95. The van der Waals surface area contributed by atoms with E-state index in [0.717, 1.165) is 11.1 Å². The molecule has 0 heterocycles. The Bertz CT molecular complexity index is 814. The summed E-state index contributed by atoms with van der Waals surface area (Å²) in [5.41, 5.74) is 2.39. The van der Waals surface area contributed by atoms with E-state index < -0.39 is 18.5 Å². The van der Waals surface area contributed by atoms with Gasteiger partial charge in [-0.15, -0.1) is 0 Å². The topological polar surface area (TPSA) is 73.9 Å². The number of amides is 1. The molecule has 0 aliphatic carbocycles. The lowest BCUT2D eigenvalue weighted by molar-refractivity contribution is -0.142.